The molecule has 0 radical (unpaired) electrons. The van der Waals surface area contributed by atoms with Crippen LogP contribution in [-0.2, 0) is 0 Å². The van der Waals surface area contributed by atoms with Crippen molar-refractivity contribution in [2.45, 2.75) is 0 Å². The second-order valence-electron chi connectivity index (χ2n) is 15.9. The zero-order chi connectivity index (χ0) is 39.1. The van der Waals surface area contributed by atoms with Gasteiger partial charge >= 0.3 is 6.92 Å². The van der Waals surface area contributed by atoms with E-state index < -0.39 is 0 Å². The largest absolute Gasteiger partial charge is 0.551 e. The van der Waals surface area contributed by atoms with Crippen LogP contribution >= 0.6 is 0 Å². The zero-order valence-electron chi connectivity index (χ0n) is 32.0. The fraction of sp³-hybridized carbons (Fsp3) is 0. The number of benzene rings is 9. The lowest BCUT2D eigenvalue weighted by atomic mass is 9.50. The number of nitrogens with zero attached hydrogens (tertiary/aromatic N) is 1. The summed E-state index contributed by atoms with van der Waals surface area (Å²) in [5.41, 5.74) is 15.3. The molecule has 0 amide bonds. The highest BCUT2D eigenvalue weighted by Gasteiger charge is 2.41. The van der Waals surface area contributed by atoms with Gasteiger partial charge in [0.2, 0.25) is 0 Å². The van der Waals surface area contributed by atoms with Crippen molar-refractivity contribution >= 4 is 83.5 Å². The highest BCUT2D eigenvalue weighted by molar-refractivity contribution is 6.84. The Morgan fingerprint density at radius 1 is 0.400 bits per heavy atom. The number of furan rings is 2. The molecular formula is C54H30BNO4. The van der Waals surface area contributed by atoms with Crippen LogP contribution in [0.1, 0.15) is 0 Å². The van der Waals surface area contributed by atoms with Crippen LogP contribution in [0, 0.1) is 0 Å². The second kappa shape index (κ2) is 11.8. The summed E-state index contributed by atoms with van der Waals surface area (Å²) in [5, 5.41) is 6.66. The van der Waals surface area contributed by atoms with Crippen molar-refractivity contribution in [2.24, 2.45) is 0 Å². The van der Waals surface area contributed by atoms with Crippen LogP contribution in [0.4, 0.5) is 0 Å². The summed E-state index contributed by atoms with van der Waals surface area (Å²) in [7, 11) is 0. The van der Waals surface area contributed by atoms with Gasteiger partial charge in [-0.15, -0.1) is 0 Å². The molecule has 3 aromatic heterocycles. The highest BCUT2D eigenvalue weighted by atomic mass is 16.5. The molecule has 5 nitrogen and oxygen atoms in total. The molecule has 0 unspecified atom stereocenters. The van der Waals surface area contributed by atoms with Crippen LogP contribution in [0.2, 0.25) is 0 Å². The van der Waals surface area contributed by atoms with Crippen molar-refractivity contribution in [1.82, 2.24) is 4.57 Å². The van der Waals surface area contributed by atoms with Crippen LogP contribution in [0.15, 0.2) is 191 Å². The van der Waals surface area contributed by atoms with Crippen LogP contribution in [-0.4, -0.2) is 11.5 Å². The number of para-hydroxylation sites is 4. The predicted molar refractivity (Wildman–Crippen MR) is 244 cm³/mol. The molecule has 278 valence electrons. The van der Waals surface area contributed by atoms with Gasteiger partial charge in [-0.3, -0.25) is 0 Å². The minimum Gasteiger partial charge on any atom is -0.551 e. The van der Waals surface area contributed by atoms with Gasteiger partial charge in [-0.1, -0.05) is 103 Å². The van der Waals surface area contributed by atoms with Crippen molar-refractivity contribution in [1.29, 1.82) is 0 Å². The second-order valence-corrected chi connectivity index (χ2v) is 15.9. The Bertz CT molecular complexity index is 3760. The van der Waals surface area contributed by atoms with Gasteiger partial charge in [0.25, 0.3) is 0 Å². The lowest BCUT2D eigenvalue weighted by Crippen LogP contribution is -2.53. The van der Waals surface area contributed by atoms with Gasteiger partial charge in [0, 0.05) is 49.1 Å². The van der Waals surface area contributed by atoms with E-state index in [1.807, 2.05) is 18.2 Å². The summed E-state index contributed by atoms with van der Waals surface area (Å²) in [4.78, 5) is 0. The quantitative estimate of drug-likeness (QED) is 0.168. The Hall–Kier alpha value is -7.96. The first-order valence-electron chi connectivity index (χ1n) is 20.3. The van der Waals surface area contributed by atoms with E-state index in [-0.39, 0.29) is 6.92 Å². The Kier molecular flexibility index (Phi) is 6.31. The Morgan fingerprint density at radius 3 is 1.98 bits per heavy atom. The van der Waals surface area contributed by atoms with Gasteiger partial charge in [-0.2, -0.15) is 0 Å². The van der Waals surface area contributed by atoms with Crippen LogP contribution in [0.25, 0.3) is 105 Å². The number of fused-ring (bicyclic) bond motifs is 14. The lowest BCUT2D eigenvalue weighted by molar-refractivity contribution is 0.480. The Morgan fingerprint density at radius 2 is 1.10 bits per heavy atom. The number of ether oxygens (including phenoxy) is 1. The van der Waals surface area contributed by atoms with Gasteiger partial charge in [-0.25, -0.2) is 0 Å². The lowest BCUT2D eigenvalue weighted by Gasteiger charge is -2.33. The van der Waals surface area contributed by atoms with Crippen molar-refractivity contribution in [3.05, 3.63) is 182 Å². The minimum atomic E-state index is -0.317. The SMILES string of the molecule is c1cc(-c2ccc3c(c2)Oc2cc(-c4ccc5oc6ccc7c8ccccc8oc7c6c5c4)cc4c2B3Oc2ccccc2-4)cc(-n2c3ccccc3c3ccccc32)c1. The van der Waals surface area contributed by atoms with E-state index in [1.165, 1.54) is 21.8 Å². The molecule has 14 rings (SSSR count). The Labute approximate surface area is 343 Å². The molecule has 60 heavy (non-hydrogen) atoms. The fourth-order valence-electron chi connectivity index (χ4n) is 9.95. The molecule has 0 spiro atoms. The molecule has 0 saturated heterocycles. The summed E-state index contributed by atoms with van der Waals surface area (Å²) >= 11 is 0. The van der Waals surface area contributed by atoms with E-state index in [0.29, 0.717) is 0 Å². The molecule has 0 fully saturated rings. The number of hydrogen-bond donors (Lipinski definition) is 0. The predicted octanol–water partition coefficient (Wildman–Crippen LogP) is 13.2. The minimum absolute atomic E-state index is 0.317. The summed E-state index contributed by atoms with van der Waals surface area (Å²) in [5.74, 6) is 2.44. The molecule has 12 aromatic rings. The fourth-order valence-corrected chi connectivity index (χ4v) is 9.95. The van der Waals surface area contributed by atoms with Crippen LogP contribution in [0.3, 0.4) is 0 Å². The first-order chi connectivity index (χ1) is 29.7. The molecule has 2 aliphatic heterocycles. The number of hydrogen-bond acceptors (Lipinski definition) is 4. The molecule has 0 aliphatic carbocycles. The van der Waals surface area contributed by atoms with E-state index in [4.69, 9.17) is 18.2 Å². The van der Waals surface area contributed by atoms with E-state index in [1.54, 1.807) is 0 Å². The smallest absolute Gasteiger partial charge is 0.434 e. The molecule has 0 N–H and O–H groups in total. The summed E-state index contributed by atoms with van der Waals surface area (Å²) in [6.07, 6.45) is 0. The molecule has 9 aromatic carbocycles. The average Bonchev–Trinajstić information content (AvgIpc) is 3.98. The third-order valence-electron chi connectivity index (χ3n) is 12.7. The average molecular weight is 768 g/mol. The molecule has 5 heterocycles. The van der Waals surface area contributed by atoms with E-state index in [0.717, 1.165) is 111 Å². The first kappa shape index (κ1) is 32.1. The van der Waals surface area contributed by atoms with E-state index in [9.17, 15) is 0 Å². The van der Waals surface area contributed by atoms with Crippen molar-refractivity contribution in [3.63, 3.8) is 0 Å². The third-order valence-corrected chi connectivity index (χ3v) is 12.7. The topological polar surface area (TPSA) is 49.7 Å². The molecule has 2 aliphatic rings. The van der Waals surface area contributed by atoms with Crippen molar-refractivity contribution < 1.29 is 18.2 Å². The monoisotopic (exact) mass is 767 g/mol. The van der Waals surface area contributed by atoms with Crippen LogP contribution < -0.4 is 20.3 Å². The van der Waals surface area contributed by atoms with Gasteiger partial charge in [-0.05, 0) is 107 Å². The number of aromatic nitrogens is 1. The molecular weight excluding hydrogens is 737 g/mol. The third kappa shape index (κ3) is 4.42. The van der Waals surface area contributed by atoms with Crippen molar-refractivity contribution in [3.8, 4) is 56.3 Å². The maximum absolute atomic E-state index is 7.00. The van der Waals surface area contributed by atoms with Gasteiger partial charge in [0.15, 0.2) is 0 Å². The molecule has 0 atom stereocenters. The first-order valence-corrected chi connectivity index (χ1v) is 20.3. The van der Waals surface area contributed by atoms with Crippen molar-refractivity contribution in [2.75, 3.05) is 0 Å². The molecule has 0 bridgehead atoms. The van der Waals surface area contributed by atoms with Gasteiger partial charge < -0.3 is 22.8 Å². The zero-order valence-corrected chi connectivity index (χ0v) is 32.0. The van der Waals surface area contributed by atoms with Gasteiger partial charge in [0.1, 0.15) is 39.6 Å². The molecule has 6 heteroatoms. The Balaban J connectivity index is 0.912. The maximum atomic E-state index is 7.00. The van der Waals surface area contributed by atoms with Crippen LogP contribution in [0.5, 0.6) is 17.2 Å². The van der Waals surface area contributed by atoms with Gasteiger partial charge in [0.05, 0.1) is 16.4 Å². The summed E-state index contributed by atoms with van der Waals surface area (Å²) in [6, 6.07) is 64.1. The molecule has 0 saturated carbocycles. The standard InChI is InChI=1S/C54H30BNO4/c1-5-16-44-36(12-1)37-13-2-6-17-45(37)56(44)35-11-9-10-31(26-35)33-20-23-43-50(29-33)58-51-30-34(28-41-39-15-4-8-19-48(39)60-55(43)53(41)51)32-21-24-47-42(27-32)52-49(57-47)25-22-40-38-14-3-7-18-46(38)59-54(40)52/h1-30H. The highest BCUT2D eigenvalue weighted by Crippen LogP contribution is 2.45. The van der Waals surface area contributed by atoms with E-state index in [2.05, 4.69) is 168 Å². The summed E-state index contributed by atoms with van der Waals surface area (Å²) in [6.45, 7) is -0.317. The summed E-state index contributed by atoms with van der Waals surface area (Å²) < 4.78 is 29.1. The maximum Gasteiger partial charge on any atom is 0.434 e. The normalized spacial score (nSPS) is 12.9. The van der Waals surface area contributed by atoms with E-state index >= 15 is 0 Å². The number of rotatable bonds is 3.